The molecule has 0 radical (unpaired) electrons. The van der Waals surface area contributed by atoms with Gasteiger partial charge in [0.05, 0.1) is 6.10 Å². The summed E-state index contributed by atoms with van der Waals surface area (Å²) in [6.45, 7) is 5.54. The molecule has 1 aliphatic rings. The maximum Gasteiger partial charge on any atom is 0.0599 e. The average molecular weight is 227 g/mol. The molecule has 0 aromatic carbocycles. The van der Waals surface area contributed by atoms with Crippen LogP contribution in [0.3, 0.4) is 0 Å². The summed E-state index contributed by atoms with van der Waals surface area (Å²) in [6.07, 6.45) is 12.6. The normalized spacial score (nSPS) is 17.8. The number of hydrogen-bond acceptors (Lipinski definition) is 2. The zero-order chi connectivity index (χ0) is 11.5. The quantitative estimate of drug-likeness (QED) is 0.609. The van der Waals surface area contributed by atoms with Crippen LogP contribution in [0.1, 0.15) is 64.7 Å². The molecule has 1 N–H and O–H groups in total. The predicted molar refractivity (Wildman–Crippen MR) is 69.8 cm³/mol. The van der Waals surface area contributed by atoms with E-state index in [1.165, 1.54) is 57.8 Å². The summed E-state index contributed by atoms with van der Waals surface area (Å²) in [7, 11) is 0. The highest BCUT2D eigenvalue weighted by Gasteiger charge is 2.12. The highest BCUT2D eigenvalue weighted by atomic mass is 16.5. The van der Waals surface area contributed by atoms with Crippen molar-refractivity contribution in [1.82, 2.24) is 5.32 Å². The number of hydrogen-bond donors (Lipinski definition) is 1. The molecule has 0 aromatic heterocycles. The highest BCUT2D eigenvalue weighted by Crippen LogP contribution is 2.10. The zero-order valence-corrected chi connectivity index (χ0v) is 11.0. The summed E-state index contributed by atoms with van der Waals surface area (Å²) in [4.78, 5) is 0. The molecule has 96 valence electrons. The van der Waals surface area contributed by atoms with E-state index in [-0.39, 0.29) is 0 Å². The van der Waals surface area contributed by atoms with Crippen molar-refractivity contribution in [1.29, 1.82) is 0 Å². The SMILES string of the molecule is CCCCCCCCCOC1CCNCC1. The van der Waals surface area contributed by atoms with E-state index in [0.29, 0.717) is 6.10 Å². The van der Waals surface area contributed by atoms with Gasteiger partial charge in [0.25, 0.3) is 0 Å². The van der Waals surface area contributed by atoms with Crippen molar-refractivity contribution >= 4 is 0 Å². The van der Waals surface area contributed by atoms with Crippen molar-refractivity contribution < 1.29 is 4.74 Å². The molecule has 0 atom stereocenters. The molecule has 2 nitrogen and oxygen atoms in total. The number of ether oxygens (including phenoxy) is 1. The van der Waals surface area contributed by atoms with Crippen LogP contribution in [-0.2, 0) is 4.74 Å². The van der Waals surface area contributed by atoms with Crippen LogP contribution in [0.5, 0.6) is 0 Å². The van der Waals surface area contributed by atoms with Crippen molar-refractivity contribution in [3.05, 3.63) is 0 Å². The Labute approximate surface area is 101 Å². The molecule has 16 heavy (non-hydrogen) atoms. The van der Waals surface area contributed by atoms with Crippen LogP contribution in [0.4, 0.5) is 0 Å². The summed E-state index contributed by atoms with van der Waals surface area (Å²) in [6, 6.07) is 0. The minimum absolute atomic E-state index is 0.543. The molecule has 1 aliphatic heterocycles. The minimum Gasteiger partial charge on any atom is -0.378 e. The van der Waals surface area contributed by atoms with Gasteiger partial charge in [0.2, 0.25) is 0 Å². The van der Waals surface area contributed by atoms with Crippen LogP contribution < -0.4 is 5.32 Å². The first-order valence-electron chi connectivity index (χ1n) is 7.26. The second kappa shape index (κ2) is 10.1. The summed E-state index contributed by atoms with van der Waals surface area (Å²) in [5.41, 5.74) is 0. The fourth-order valence-electron chi connectivity index (χ4n) is 2.27. The smallest absolute Gasteiger partial charge is 0.0599 e. The van der Waals surface area contributed by atoms with Crippen LogP contribution >= 0.6 is 0 Å². The summed E-state index contributed by atoms with van der Waals surface area (Å²) < 4.78 is 5.87. The standard InChI is InChI=1S/C14H29NO/c1-2-3-4-5-6-7-8-13-16-14-9-11-15-12-10-14/h14-15H,2-13H2,1H3. The lowest BCUT2D eigenvalue weighted by Gasteiger charge is -2.22. The molecular weight excluding hydrogens is 198 g/mol. The van der Waals surface area contributed by atoms with Crippen molar-refractivity contribution in [2.24, 2.45) is 0 Å². The first-order chi connectivity index (χ1) is 7.93. The number of piperidine rings is 1. The molecule has 1 saturated heterocycles. The topological polar surface area (TPSA) is 21.3 Å². The fraction of sp³-hybridized carbons (Fsp3) is 1.00. The first-order valence-corrected chi connectivity index (χ1v) is 7.26. The molecule has 0 aromatic rings. The molecule has 1 fully saturated rings. The summed E-state index contributed by atoms with van der Waals surface area (Å²) in [5.74, 6) is 0. The van der Waals surface area contributed by atoms with E-state index in [4.69, 9.17) is 4.74 Å². The van der Waals surface area contributed by atoms with Crippen molar-refractivity contribution in [2.75, 3.05) is 19.7 Å². The maximum atomic E-state index is 5.87. The van der Waals surface area contributed by atoms with Crippen LogP contribution in [-0.4, -0.2) is 25.8 Å². The van der Waals surface area contributed by atoms with E-state index in [9.17, 15) is 0 Å². The molecule has 0 aliphatic carbocycles. The fourth-order valence-corrected chi connectivity index (χ4v) is 2.27. The molecule has 0 bridgehead atoms. The van der Waals surface area contributed by atoms with Crippen LogP contribution in [0, 0.1) is 0 Å². The molecule has 2 heteroatoms. The second-order valence-corrected chi connectivity index (χ2v) is 4.94. The van der Waals surface area contributed by atoms with E-state index < -0.39 is 0 Å². The molecule has 1 rings (SSSR count). The first kappa shape index (κ1) is 14.0. The Morgan fingerprint density at radius 2 is 1.56 bits per heavy atom. The largest absolute Gasteiger partial charge is 0.378 e. The zero-order valence-electron chi connectivity index (χ0n) is 11.0. The average Bonchev–Trinajstić information content (AvgIpc) is 2.34. The van der Waals surface area contributed by atoms with Gasteiger partial charge in [-0.25, -0.2) is 0 Å². The van der Waals surface area contributed by atoms with E-state index in [1.807, 2.05) is 0 Å². The van der Waals surface area contributed by atoms with Gasteiger partial charge in [-0.15, -0.1) is 0 Å². The number of unbranched alkanes of at least 4 members (excludes halogenated alkanes) is 6. The third-order valence-electron chi connectivity index (χ3n) is 3.39. The third-order valence-corrected chi connectivity index (χ3v) is 3.39. The molecule has 0 saturated carbocycles. The summed E-state index contributed by atoms with van der Waals surface area (Å²) >= 11 is 0. The number of nitrogens with one attached hydrogen (secondary N) is 1. The van der Waals surface area contributed by atoms with Crippen LogP contribution in [0.15, 0.2) is 0 Å². The highest BCUT2D eigenvalue weighted by molar-refractivity contribution is 4.67. The van der Waals surface area contributed by atoms with E-state index in [2.05, 4.69) is 12.2 Å². The Morgan fingerprint density at radius 3 is 2.25 bits per heavy atom. The predicted octanol–water partition coefficient (Wildman–Crippen LogP) is 3.51. The van der Waals surface area contributed by atoms with E-state index >= 15 is 0 Å². The Morgan fingerprint density at radius 1 is 0.938 bits per heavy atom. The van der Waals surface area contributed by atoms with Crippen LogP contribution in [0.25, 0.3) is 0 Å². The Balaban J connectivity index is 1.77. The molecule has 0 amide bonds. The third kappa shape index (κ3) is 7.24. The van der Waals surface area contributed by atoms with Crippen molar-refractivity contribution in [3.8, 4) is 0 Å². The van der Waals surface area contributed by atoms with Gasteiger partial charge in [0.1, 0.15) is 0 Å². The molecular formula is C14H29NO. The van der Waals surface area contributed by atoms with Crippen molar-refractivity contribution in [2.45, 2.75) is 70.8 Å². The van der Waals surface area contributed by atoms with E-state index in [1.54, 1.807) is 0 Å². The number of rotatable bonds is 9. The Kier molecular flexibility index (Phi) is 8.83. The van der Waals surface area contributed by atoms with Gasteiger partial charge < -0.3 is 10.1 Å². The maximum absolute atomic E-state index is 5.87. The Bertz CT molecular complexity index is 144. The van der Waals surface area contributed by atoms with Gasteiger partial charge in [-0.3, -0.25) is 0 Å². The van der Waals surface area contributed by atoms with Gasteiger partial charge in [-0.1, -0.05) is 45.4 Å². The van der Waals surface area contributed by atoms with Gasteiger partial charge in [-0.05, 0) is 32.4 Å². The van der Waals surface area contributed by atoms with Gasteiger partial charge in [-0.2, -0.15) is 0 Å². The van der Waals surface area contributed by atoms with E-state index in [0.717, 1.165) is 19.7 Å². The lowest BCUT2D eigenvalue weighted by Crippen LogP contribution is -2.32. The second-order valence-electron chi connectivity index (χ2n) is 4.94. The lowest BCUT2D eigenvalue weighted by molar-refractivity contribution is 0.0307. The van der Waals surface area contributed by atoms with Gasteiger partial charge in [0.15, 0.2) is 0 Å². The summed E-state index contributed by atoms with van der Waals surface area (Å²) in [5, 5.41) is 3.36. The molecule has 0 spiro atoms. The van der Waals surface area contributed by atoms with Crippen molar-refractivity contribution in [3.63, 3.8) is 0 Å². The Hall–Kier alpha value is -0.0800. The van der Waals surface area contributed by atoms with Crippen LogP contribution in [0.2, 0.25) is 0 Å². The monoisotopic (exact) mass is 227 g/mol. The molecule has 1 heterocycles. The lowest BCUT2D eigenvalue weighted by atomic mass is 10.1. The molecule has 0 unspecified atom stereocenters. The van der Waals surface area contributed by atoms with Gasteiger partial charge in [0, 0.05) is 6.61 Å². The minimum atomic E-state index is 0.543. The van der Waals surface area contributed by atoms with Gasteiger partial charge >= 0.3 is 0 Å².